The summed E-state index contributed by atoms with van der Waals surface area (Å²) in [5.41, 5.74) is -3.07. The number of halogens is 4. The van der Waals surface area contributed by atoms with Gasteiger partial charge < -0.3 is 20.1 Å². The predicted octanol–water partition coefficient (Wildman–Crippen LogP) is 3.89. The number of urea groups is 1. The molecular weight excluding hydrogens is 332 g/mol. The summed E-state index contributed by atoms with van der Waals surface area (Å²) in [6.45, 7) is 1.20. The molecule has 136 valence electrons. The summed E-state index contributed by atoms with van der Waals surface area (Å²) >= 11 is 0. The van der Waals surface area contributed by atoms with Gasteiger partial charge in [0, 0.05) is 13.8 Å². The summed E-state index contributed by atoms with van der Waals surface area (Å²) in [5, 5.41) is 3.88. The Bertz CT molecular complexity index is 561. The minimum atomic E-state index is -3.88. The number of benzene rings is 1. The number of nitrogens with one attached hydrogen (secondary N) is 2. The van der Waals surface area contributed by atoms with Crippen LogP contribution in [0.3, 0.4) is 0 Å². The number of amides is 2. The number of carbonyl (C=O) groups excluding carboxylic acids is 1. The minimum Gasteiger partial charge on any atom is -0.494 e. The number of methoxy groups -OCH3 is 2. The van der Waals surface area contributed by atoms with Crippen molar-refractivity contribution in [3.63, 3.8) is 0 Å². The van der Waals surface area contributed by atoms with Gasteiger partial charge in [-0.1, -0.05) is 6.07 Å². The topological polar surface area (TPSA) is 59.6 Å². The summed E-state index contributed by atoms with van der Waals surface area (Å²) in [5.74, 6) is -7.41. The average molecular weight is 352 g/mol. The van der Waals surface area contributed by atoms with Crippen molar-refractivity contribution in [2.24, 2.45) is 0 Å². The number of anilines is 1. The average Bonchev–Trinajstić information content (AvgIpc) is 2.44. The van der Waals surface area contributed by atoms with Gasteiger partial charge in [-0.15, -0.1) is 0 Å². The number of alkyl halides is 4. The van der Waals surface area contributed by atoms with Gasteiger partial charge in [-0.05, 0) is 19.1 Å². The first kappa shape index (κ1) is 19.9. The van der Waals surface area contributed by atoms with Crippen LogP contribution in [-0.2, 0) is 0 Å². The third-order valence-corrected chi connectivity index (χ3v) is 3.79. The highest BCUT2D eigenvalue weighted by atomic mass is 19.3. The molecule has 0 saturated heterocycles. The highest BCUT2D eigenvalue weighted by Crippen LogP contribution is 2.41. The van der Waals surface area contributed by atoms with Gasteiger partial charge in [0.1, 0.15) is 17.2 Å². The first-order valence-corrected chi connectivity index (χ1v) is 6.93. The van der Waals surface area contributed by atoms with Crippen LogP contribution >= 0.6 is 0 Å². The van der Waals surface area contributed by atoms with Crippen LogP contribution in [0.1, 0.15) is 20.8 Å². The molecule has 0 fully saturated rings. The summed E-state index contributed by atoms with van der Waals surface area (Å²) in [6.07, 6.45) is 0. The van der Waals surface area contributed by atoms with Gasteiger partial charge in [0.25, 0.3) is 11.8 Å². The largest absolute Gasteiger partial charge is 0.494 e. The van der Waals surface area contributed by atoms with Gasteiger partial charge in [-0.2, -0.15) is 0 Å². The molecule has 0 spiro atoms. The molecule has 0 aromatic heterocycles. The Labute approximate surface area is 137 Å². The second-order valence-electron chi connectivity index (χ2n) is 5.52. The normalized spacial score (nSPS) is 12.5. The molecule has 2 amide bonds. The van der Waals surface area contributed by atoms with Crippen molar-refractivity contribution >= 4 is 11.7 Å². The van der Waals surface area contributed by atoms with Crippen molar-refractivity contribution in [1.29, 1.82) is 0 Å². The first-order chi connectivity index (χ1) is 10.9. The molecule has 0 unspecified atom stereocenters. The Morgan fingerprint density at radius 2 is 1.38 bits per heavy atom. The molecule has 0 saturated carbocycles. The number of carbonyl (C=O) groups is 1. The molecule has 0 aliphatic rings. The van der Waals surface area contributed by atoms with E-state index >= 15 is 0 Å². The molecule has 1 aromatic carbocycles. The van der Waals surface area contributed by atoms with Gasteiger partial charge in [0.15, 0.2) is 5.54 Å². The SMILES string of the molecule is COc1cccc(OC)c1NC(=O)NC(C)(C(C)(F)F)C(C)(F)F. The van der Waals surface area contributed by atoms with E-state index in [9.17, 15) is 22.4 Å². The number of para-hydroxylation sites is 1. The summed E-state index contributed by atoms with van der Waals surface area (Å²) in [4.78, 5) is 12.1. The second-order valence-corrected chi connectivity index (χ2v) is 5.52. The van der Waals surface area contributed by atoms with Crippen LogP contribution in [0.5, 0.6) is 11.5 Å². The fourth-order valence-corrected chi connectivity index (χ4v) is 1.95. The Morgan fingerprint density at radius 3 is 1.71 bits per heavy atom. The molecule has 1 rings (SSSR count). The summed E-state index contributed by atoms with van der Waals surface area (Å²) < 4.78 is 64.8. The molecule has 0 heterocycles. The molecule has 0 aliphatic heterocycles. The fourth-order valence-electron chi connectivity index (χ4n) is 1.95. The Balaban J connectivity index is 3.13. The molecule has 0 radical (unpaired) electrons. The van der Waals surface area contributed by atoms with Gasteiger partial charge in [0.05, 0.1) is 14.2 Å². The first-order valence-electron chi connectivity index (χ1n) is 6.93. The van der Waals surface area contributed by atoms with Crippen molar-refractivity contribution in [2.75, 3.05) is 19.5 Å². The highest BCUT2D eigenvalue weighted by Gasteiger charge is 2.61. The maximum absolute atomic E-state index is 13.7. The highest BCUT2D eigenvalue weighted by molar-refractivity contribution is 5.93. The quantitative estimate of drug-likeness (QED) is 0.764. The lowest BCUT2D eigenvalue weighted by atomic mass is 9.88. The van der Waals surface area contributed by atoms with Crippen molar-refractivity contribution in [3.8, 4) is 11.5 Å². The Morgan fingerprint density at radius 1 is 0.958 bits per heavy atom. The van der Waals surface area contributed by atoms with E-state index in [1.165, 1.54) is 26.4 Å². The number of hydrogen-bond donors (Lipinski definition) is 2. The summed E-state index contributed by atoms with van der Waals surface area (Å²) in [7, 11) is 2.64. The van der Waals surface area contributed by atoms with E-state index < -0.39 is 23.4 Å². The van der Waals surface area contributed by atoms with Crippen LogP contribution in [-0.4, -0.2) is 37.6 Å². The van der Waals surface area contributed by atoms with Crippen LogP contribution in [0.25, 0.3) is 0 Å². The van der Waals surface area contributed by atoms with E-state index in [-0.39, 0.29) is 17.2 Å². The van der Waals surface area contributed by atoms with Crippen molar-refractivity contribution in [3.05, 3.63) is 18.2 Å². The van der Waals surface area contributed by atoms with Crippen molar-refractivity contribution < 1.29 is 31.8 Å². The van der Waals surface area contributed by atoms with E-state index in [0.29, 0.717) is 20.8 Å². The lowest BCUT2D eigenvalue weighted by Gasteiger charge is -2.40. The van der Waals surface area contributed by atoms with Gasteiger partial charge in [-0.3, -0.25) is 0 Å². The van der Waals surface area contributed by atoms with Crippen molar-refractivity contribution in [1.82, 2.24) is 5.32 Å². The summed E-state index contributed by atoms with van der Waals surface area (Å²) in [6, 6.07) is 3.30. The predicted molar refractivity (Wildman–Crippen MR) is 81.3 cm³/mol. The molecule has 1 aromatic rings. The van der Waals surface area contributed by atoms with Crippen LogP contribution in [0.15, 0.2) is 18.2 Å². The van der Waals surface area contributed by atoms with E-state index in [4.69, 9.17) is 9.47 Å². The van der Waals surface area contributed by atoms with E-state index in [0.717, 1.165) is 0 Å². The van der Waals surface area contributed by atoms with Crippen molar-refractivity contribution in [2.45, 2.75) is 38.2 Å². The van der Waals surface area contributed by atoms with Crippen LogP contribution in [0.4, 0.5) is 28.0 Å². The molecule has 0 bridgehead atoms. The number of rotatable bonds is 6. The lowest BCUT2D eigenvalue weighted by Crippen LogP contribution is -2.67. The standard InChI is InChI=1S/C15H20F4N2O3/c1-13(14(2,16)17,15(3,18)19)21-12(22)20-11-9(23-4)7-6-8-10(11)24-5/h6-8H,1-5H3,(H2,20,21,22). The van der Waals surface area contributed by atoms with E-state index in [1.807, 2.05) is 0 Å². The molecule has 24 heavy (non-hydrogen) atoms. The number of hydrogen-bond acceptors (Lipinski definition) is 3. The molecule has 0 aliphatic carbocycles. The smallest absolute Gasteiger partial charge is 0.320 e. The van der Waals surface area contributed by atoms with Gasteiger partial charge in [-0.25, -0.2) is 22.4 Å². The van der Waals surface area contributed by atoms with Gasteiger partial charge in [0.2, 0.25) is 0 Å². The molecule has 2 N–H and O–H groups in total. The minimum absolute atomic E-state index is 0.0289. The third-order valence-electron chi connectivity index (χ3n) is 3.79. The Hall–Kier alpha value is -2.19. The molecule has 0 atom stereocenters. The van der Waals surface area contributed by atoms with Crippen LogP contribution in [0.2, 0.25) is 0 Å². The monoisotopic (exact) mass is 352 g/mol. The zero-order valence-electron chi connectivity index (χ0n) is 14.0. The zero-order valence-corrected chi connectivity index (χ0v) is 14.0. The van der Waals surface area contributed by atoms with E-state index in [1.54, 1.807) is 11.4 Å². The van der Waals surface area contributed by atoms with E-state index in [2.05, 4.69) is 5.32 Å². The number of ether oxygens (including phenoxy) is 2. The van der Waals surface area contributed by atoms with Crippen LogP contribution in [0, 0.1) is 0 Å². The molecule has 9 heteroatoms. The maximum atomic E-state index is 13.7. The third kappa shape index (κ3) is 3.82. The fraction of sp³-hybridized carbons (Fsp3) is 0.533. The zero-order chi connectivity index (χ0) is 18.8. The van der Waals surface area contributed by atoms with Crippen LogP contribution < -0.4 is 20.1 Å². The van der Waals surface area contributed by atoms with Gasteiger partial charge >= 0.3 is 6.03 Å². The maximum Gasteiger partial charge on any atom is 0.320 e. The molecular formula is C15H20F4N2O3. The lowest BCUT2D eigenvalue weighted by molar-refractivity contribution is -0.173. The molecule has 5 nitrogen and oxygen atoms in total. The second kappa shape index (κ2) is 6.74. The Kier molecular flexibility index (Phi) is 5.58.